The van der Waals surface area contributed by atoms with E-state index in [0.717, 1.165) is 12.2 Å². The molecule has 0 unspecified atom stereocenters. The first-order chi connectivity index (χ1) is 3.77. The minimum absolute atomic E-state index is 0.167. The van der Waals surface area contributed by atoms with Crippen molar-refractivity contribution < 1.29 is 9.90 Å². The van der Waals surface area contributed by atoms with Gasteiger partial charge in [0.25, 0.3) is 0 Å². The summed E-state index contributed by atoms with van der Waals surface area (Å²) in [4.78, 5) is 9.74. The number of unbranched alkanes of at least 4 members (excludes halogenated alkanes) is 1. The highest BCUT2D eigenvalue weighted by Gasteiger charge is 1.84. The van der Waals surface area contributed by atoms with Crippen molar-refractivity contribution in [3.05, 3.63) is 0 Å². The molecule has 0 radical (unpaired) electrons. The number of aliphatic carboxylic acids is 1. The molecule has 0 N–H and O–H groups in total. The number of carbonyl (C=O) groups is 1. The average Bonchev–Trinajstić information content (AvgIpc) is 1.66. The normalized spacial score (nSPS) is 9.12. The Hall–Kier alpha value is -0.180. The predicted octanol–water partition coefficient (Wildman–Crippen LogP) is -0.164. The lowest BCUT2D eigenvalue weighted by molar-refractivity contribution is -0.305. The van der Waals surface area contributed by atoms with Crippen LogP contribution in [0.3, 0.4) is 0 Å². The lowest BCUT2D eigenvalue weighted by Crippen LogP contribution is -2.21. The van der Waals surface area contributed by atoms with Crippen LogP contribution in [0.1, 0.15) is 19.3 Å². The summed E-state index contributed by atoms with van der Waals surface area (Å²) in [5.74, 6) is -0.209. The molecule has 0 aliphatic rings. The van der Waals surface area contributed by atoms with E-state index in [1.807, 2.05) is 0 Å². The largest absolute Gasteiger partial charge is 0.550 e. The van der Waals surface area contributed by atoms with Crippen LogP contribution in [0.2, 0.25) is 0 Å². The summed E-state index contributed by atoms with van der Waals surface area (Å²) in [6, 6.07) is 0. The van der Waals surface area contributed by atoms with Gasteiger partial charge < -0.3 is 9.90 Å². The van der Waals surface area contributed by atoms with Gasteiger partial charge in [0.1, 0.15) is 0 Å². The van der Waals surface area contributed by atoms with Crippen LogP contribution in [0.5, 0.6) is 0 Å². The van der Waals surface area contributed by atoms with Crippen LogP contribution < -0.4 is 5.11 Å². The highest BCUT2D eigenvalue weighted by atomic mass is 32.1. The fourth-order valence-corrected chi connectivity index (χ4v) is 0.605. The summed E-state index contributed by atoms with van der Waals surface area (Å²) in [6.07, 6.45) is 1.71. The van der Waals surface area contributed by atoms with Crippen molar-refractivity contribution in [3.63, 3.8) is 0 Å². The molecule has 0 amide bonds. The van der Waals surface area contributed by atoms with Crippen LogP contribution in [-0.4, -0.2) is 11.7 Å². The van der Waals surface area contributed by atoms with Gasteiger partial charge in [-0.1, -0.05) is 0 Å². The summed E-state index contributed by atoms with van der Waals surface area (Å²) in [5.41, 5.74) is 0. The summed E-state index contributed by atoms with van der Waals surface area (Å²) in [6.45, 7) is 0. The van der Waals surface area contributed by atoms with Gasteiger partial charge in [-0.15, -0.1) is 0 Å². The van der Waals surface area contributed by atoms with Crippen molar-refractivity contribution in [1.82, 2.24) is 0 Å². The van der Waals surface area contributed by atoms with E-state index in [-0.39, 0.29) is 6.42 Å². The second kappa shape index (κ2) is 4.97. The van der Waals surface area contributed by atoms with Gasteiger partial charge in [0.05, 0.1) is 0 Å². The Morgan fingerprint density at radius 1 is 1.50 bits per heavy atom. The van der Waals surface area contributed by atoms with E-state index >= 15 is 0 Å². The highest BCUT2D eigenvalue weighted by Crippen LogP contribution is 1.94. The van der Waals surface area contributed by atoms with Gasteiger partial charge in [-0.25, -0.2) is 0 Å². The van der Waals surface area contributed by atoms with Gasteiger partial charge >= 0.3 is 0 Å². The van der Waals surface area contributed by atoms with Crippen molar-refractivity contribution in [3.8, 4) is 0 Å². The predicted molar refractivity (Wildman–Crippen MR) is 32.7 cm³/mol. The SMILES string of the molecule is O=C([O-])CCCCS. The molecule has 0 aliphatic carbocycles. The maximum absolute atomic E-state index is 9.74. The molecule has 48 valence electrons. The van der Waals surface area contributed by atoms with Crippen molar-refractivity contribution in [1.29, 1.82) is 0 Å². The molecule has 0 fully saturated rings. The molecule has 0 bridgehead atoms. The summed E-state index contributed by atoms with van der Waals surface area (Å²) in [5, 5.41) is 9.74. The monoisotopic (exact) mass is 133 g/mol. The number of hydrogen-bond donors (Lipinski definition) is 1. The minimum atomic E-state index is -0.966. The van der Waals surface area contributed by atoms with E-state index in [0.29, 0.717) is 6.42 Å². The molecular weight excluding hydrogens is 124 g/mol. The maximum Gasteiger partial charge on any atom is 0.0414 e. The quantitative estimate of drug-likeness (QED) is 0.427. The van der Waals surface area contributed by atoms with Gasteiger partial charge in [-0.2, -0.15) is 12.6 Å². The Bertz CT molecular complexity index is 72.8. The lowest BCUT2D eigenvalue weighted by Gasteiger charge is -1.97. The molecular formula is C5H9O2S-. The van der Waals surface area contributed by atoms with Crippen LogP contribution in [-0.2, 0) is 4.79 Å². The molecule has 0 saturated heterocycles. The van der Waals surface area contributed by atoms with E-state index in [1.165, 1.54) is 0 Å². The fraction of sp³-hybridized carbons (Fsp3) is 0.800. The van der Waals surface area contributed by atoms with Gasteiger partial charge in [0.2, 0.25) is 0 Å². The van der Waals surface area contributed by atoms with Crippen LogP contribution in [0.15, 0.2) is 0 Å². The van der Waals surface area contributed by atoms with Gasteiger partial charge in [0.15, 0.2) is 0 Å². The molecule has 0 aliphatic heterocycles. The van der Waals surface area contributed by atoms with E-state index < -0.39 is 5.97 Å². The molecule has 0 aromatic heterocycles. The van der Waals surface area contributed by atoms with E-state index in [4.69, 9.17) is 0 Å². The Labute approximate surface area is 54.3 Å². The molecule has 0 heterocycles. The third-order valence-corrected chi connectivity index (χ3v) is 1.11. The van der Waals surface area contributed by atoms with Crippen molar-refractivity contribution in [2.75, 3.05) is 5.75 Å². The second-order valence-electron chi connectivity index (χ2n) is 1.55. The lowest BCUT2D eigenvalue weighted by atomic mass is 10.3. The summed E-state index contributed by atoms with van der Waals surface area (Å²) < 4.78 is 0. The fourth-order valence-electron chi connectivity index (χ4n) is 0.381. The minimum Gasteiger partial charge on any atom is -0.550 e. The first kappa shape index (κ1) is 7.82. The zero-order chi connectivity index (χ0) is 6.41. The molecule has 0 saturated carbocycles. The Kier molecular flexibility index (Phi) is 4.85. The summed E-state index contributed by atoms with van der Waals surface area (Å²) in [7, 11) is 0. The van der Waals surface area contributed by atoms with Gasteiger partial charge in [-0.3, -0.25) is 0 Å². The van der Waals surface area contributed by atoms with E-state index in [9.17, 15) is 9.90 Å². The third kappa shape index (κ3) is 5.82. The zero-order valence-electron chi connectivity index (χ0n) is 4.59. The molecule has 0 rings (SSSR count). The molecule has 3 heteroatoms. The zero-order valence-corrected chi connectivity index (χ0v) is 5.49. The molecule has 0 atom stereocenters. The van der Waals surface area contributed by atoms with Crippen LogP contribution in [0.25, 0.3) is 0 Å². The molecule has 0 aromatic carbocycles. The molecule has 0 spiro atoms. The van der Waals surface area contributed by atoms with Gasteiger partial charge in [-0.05, 0) is 25.0 Å². The molecule has 0 aromatic rings. The first-order valence-corrected chi connectivity index (χ1v) is 3.21. The smallest absolute Gasteiger partial charge is 0.0414 e. The Balaban J connectivity index is 2.82. The van der Waals surface area contributed by atoms with Crippen molar-refractivity contribution in [2.45, 2.75) is 19.3 Å². The van der Waals surface area contributed by atoms with Crippen LogP contribution in [0.4, 0.5) is 0 Å². The number of rotatable bonds is 4. The topological polar surface area (TPSA) is 40.1 Å². The van der Waals surface area contributed by atoms with Crippen molar-refractivity contribution >= 4 is 18.6 Å². The third-order valence-electron chi connectivity index (χ3n) is 0.789. The average molecular weight is 133 g/mol. The number of carboxylic acids is 1. The second-order valence-corrected chi connectivity index (χ2v) is 2.00. The first-order valence-electron chi connectivity index (χ1n) is 2.58. The van der Waals surface area contributed by atoms with E-state index in [2.05, 4.69) is 12.6 Å². The number of thiol groups is 1. The van der Waals surface area contributed by atoms with Gasteiger partial charge in [0, 0.05) is 5.97 Å². The molecule has 8 heavy (non-hydrogen) atoms. The van der Waals surface area contributed by atoms with Crippen LogP contribution >= 0.6 is 12.6 Å². The van der Waals surface area contributed by atoms with E-state index in [1.54, 1.807) is 0 Å². The Morgan fingerprint density at radius 3 is 2.50 bits per heavy atom. The summed E-state index contributed by atoms with van der Waals surface area (Å²) >= 11 is 3.91. The maximum atomic E-state index is 9.74. The molecule has 2 nitrogen and oxygen atoms in total. The Morgan fingerprint density at radius 2 is 2.12 bits per heavy atom. The number of carbonyl (C=O) groups excluding carboxylic acids is 1. The highest BCUT2D eigenvalue weighted by molar-refractivity contribution is 7.80. The number of hydrogen-bond acceptors (Lipinski definition) is 3. The number of carboxylic acid groups (broad SMARTS) is 1. The van der Waals surface area contributed by atoms with Crippen molar-refractivity contribution in [2.24, 2.45) is 0 Å². The standard InChI is InChI=1S/C5H10O2S/c6-5(7)3-1-2-4-8/h8H,1-4H2,(H,6,7)/p-1. The van der Waals surface area contributed by atoms with Crippen LogP contribution in [0, 0.1) is 0 Å².